The zero-order valence-electron chi connectivity index (χ0n) is 18.0. The van der Waals surface area contributed by atoms with E-state index >= 15 is 0 Å². The third-order valence-corrected chi connectivity index (χ3v) is 4.39. The average molecular weight is 410 g/mol. The second-order valence-electron chi connectivity index (χ2n) is 8.23. The van der Waals surface area contributed by atoms with Gasteiger partial charge in [0, 0.05) is 44.2 Å². The summed E-state index contributed by atoms with van der Waals surface area (Å²) >= 11 is 0. The number of carbonyl (C=O) groups excluding carboxylic acids is 1. The SMILES string of the molecule is CN(C)c1c(-c2ccccn2)c(CCNC(=O)OC(C)(C)C)nc2ccc(F)cc12. The number of alkyl carbamates (subject to hydrolysis) is 1. The zero-order valence-corrected chi connectivity index (χ0v) is 18.0. The lowest BCUT2D eigenvalue weighted by Crippen LogP contribution is -2.33. The van der Waals surface area contributed by atoms with E-state index < -0.39 is 11.7 Å². The van der Waals surface area contributed by atoms with Crippen LogP contribution in [0.5, 0.6) is 0 Å². The van der Waals surface area contributed by atoms with Crippen molar-refractivity contribution < 1.29 is 13.9 Å². The highest BCUT2D eigenvalue weighted by atomic mass is 19.1. The maximum atomic E-state index is 14.0. The third-order valence-electron chi connectivity index (χ3n) is 4.39. The molecule has 0 bridgehead atoms. The second kappa shape index (κ2) is 8.65. The maximum Gasteiger partial charge on any atom is 0.407 e. The Labute approximate surface area is 176 Å². The molecule has 3 aromatic rings. The summed E-state index contributed by atoms with van der Waals surface area (Å²) in [6.07, 6.45) is 1.71. The molecule has 158 valence electrons. The lowest BCUT2D eigenvalue weighted by atomic mass is 9.99. The number of ether oxygens (including phenoxy) is 1. The molecule has 0 saturated heterocycles. The number of fused-ring (bicyclic) bond motifs is 1. The Morgan fingerprint density at radius 3 is 2.60 bits per heavy atom. The van der Waals surface area contributed by atoms with Gasteiger partial charge < -0.3 is 15.0 Å². The van der Waals surface area contributed by atoms with Crippen LogP contribution < -0.4 is 10.2 Å². The van der Waals surface area contributed by atoms with Crippen LogP contribution in [0.2, 0.25) is 0 Å². The molecule has 0 aliphatic heterocycles. The Kier molecular flexibility index (Phi) is 6.20. The van der Waals surface area contributed by atoms with Crippen molar-refractivity contribution in [3.05, 3.63) is 54.1 Å². The predicted molar refractivity (Wildman–Crippen MR) is 117 cm³/mol. The van der Waals surface area contributed by atoms with E-state index in [1.807, 2.05) is 58.0 Å². The predicted octanol–water partition coefficient (Wildman–Crippen LogP) is 4.57. The number of rotatable bonds is 5. The van der Waals surface area contributed by atoms with Crippen LogP contribution in [-0.2, 0) is 11.2 Å². The topological polar surface area (TPSA) is 67.4 Å². The largest absolute Gasteiger partial charge is 0.444 e. The molecule has 2 aromatic heterocycles. The molecule has 1 aromatic carbocycles. The lowest BCUT2D eigenvalue weighted by molar-refractivity contribution is 0.0528. The van der Waals surface area contributed by atoms with Gasteiger partial charge in [-0.2, -0.15) is 0 Å². The van der Waals surface area contributed by atoms with Gasteiger partial charge in [-0.05, 0) is 51.1 Å². The van der Waals surface area contributed by atoms with Crippen molar-refractivity contribution in [2.75, 3.05) is 25.5 Å². The Morgan fingerprint density at radius 1 is 1.20 bits per heavy atom. The van der Waals surface area contributed by atoms with Crippen LogP contribution in [0, 0.1) is 5.82 Å². The van der Waals surface area contributed by atoms with E-state index in [-0.39, 0.29) is 5.82 Å². The van der Waals surface area contributed by atoms with E-state index in [1.54, 1.807) is 12.3 Å². The van der Waals surface area contributed by atoms with Gasteiger partial charge in [0.25, 0.3) is 0 Å². The molecule has 1 amide bonds. The van der Waals surface area contributed by atoms with Crippen LogP contribution in [0.3, 0.4) is 0 Å². The molecule has 6 nitrogen and oxygen atoms in total. The minimum atomic E-state index is -0.563. The number of aromatic nitrogens is 2. The summed E-state index contributed by atoms with van der Waals surface area (Å²) in [6.45, 7) is 5.80. The fourth-order valence-corrected chi connectivity index (χ4v) is 3.29. The van der Waals surface area contributed by atoms with E-state index in [0.29, 0.717) is 23.9 Å². The van der Waals surface area contributed by atoms with E-state index in [9.17, 15) is 9.18 Å². The first-order chi connectivity index (χ1) is 14.2. The minimum Gasteiger partial charge on any atom is -0.444 e. The molecular weight excluding hydrogens is 383 g/mol. The molecule has 0 spiro atoms. The van der Waals surface area contributed by atoms with Crippen molar-refractivity contribution in [2.45, 2.75) is 32.8 Å². The van der Waals surface area contributed by atoms with Crippen molar-refractivity contribution in [3.63, 3.8) is 0 Å². The van der Waals surface area contributed by atoms with Gasteiger partial charge in [0.15, 0.2) is 0 Å². The highest BCUT2D eigenvalue weighted by molar-refractivity contribution is 6.00. The molecule has 0 unspecified atom stereocenters. The van der Waals surface area contributed by atoms with Crippen molar-refractivity contribution in [1.29, 1.82) is 0 Å². The highest BCUT2D eigenvalue weighted by Crippen LogP contribution is 2.37. The van der Waals surface area contributed by atoms with Crippen molar-refractivity contribution in [2.24, 2.45) is 0 Å². The third kappa shape index (κ3) is 5.03. The number of hydrogen-bond acceptors (Lipinski definition) is 5. The lowest BCUT2D eigenvalue weighted by Gasteiger charge is -2.23. The number of hydrogen-bond donors (Lipinski definition) is 1. The Morgan fingerprint density at radius 2 is 1.97 bits per heavy atom. The first-order valence-corrected chi connectivity index (χ1v) is 9.83. The summed E-state index contributed by atoms with van der Waals surface area (Å²) in [5.41, 5.74) is 3.30. The van der Waals surface area contributed by atoms with Gasteiger partial charge in [0.2, 0.25) is 0 Å². The number of halogens is 1. The second-order valence-corrected chi connectivity index (χ2v) is 8.23. The molecule has 2 heterocycles. The summed E-state index contributed by atoms with van der Waals surface area (Å²) in [4.78, 5) is 23.2. The van der Waals surface area contributed by atoms with Crippen LogP contribution in [0.25, 0.3) is 22.2 Å². The molecule has 0 aliphatic carbocycles. The number of amides is 1. The van der Waals surface area contributed by atoms with Gasteiger partial charge >= 0.3 is 6.09 Å². The maximum absolute atomic E-state index is 14.0. The fraction of sp³-hybridized carbons (Fsp3) is 0.348. The smallest absolute Gasteiger partial charge is 0.407 e. The number of nitrogens with zero attached hydrogens (tertiary/aromatic N) is 3. The Hall–Kier alpha value is -3.22. The normalized spacial score (nSPS) is 11.4. The van der Waals surface area contributed by atoms with Gasteiger partial charge in [-0.15, -0.1) is 0 Å². The summed E-state index contributed by atoms with van der Waals surface area (Å²) in [5, 5.41) is 3.49. The van der Waals surface area contributed by atoms with Gasteiger partial charge in [0.1, 0.15) is 11.4 Å². The molecular formula is C23H27FN4O2. The number of nitrogens with one attached hydrogen (secondary N) is 1. The summed E-state index contributed by atoms with van der Waals surface area (Å²) in [5.74, 6) is -0.321. The number of anilines is 1. The van der Waals surface area contributed by atoms with Crippen molar-refractivity contribution in [1.82, 2.24) is 15.3 Å². The van der Waals surface area contributed by atoms with Crippen LogP contribution in [0.1, 0.15) is 26.5 Å². The quantitative estimate of drug-likeness (QED) is 0.667. The summed E-state index contributed by atoms with van der Waals surface area (Å²) in [6, 6.07) is 10.2. The molecule has 0 aliphatic rings. The van der Waals surface area contributed by atoms with Crippen LogP contribution in [-0.4, -0.2) is 42.3 Å². The monoisotopic (exact) mass is 410 g/mol. The molecule has 0 radical (unpaired) electrons. The molecule has 0 atom stereocenters. The van der Waals surface area contributed by atoms with Crippen molar-refractivity contribution >= 4 is 22.7 Å². The zero-order chi connectivity index (χ0) is 21.9. The summed E-state index contributed by atoms with van der Waals surface area (Å²) < 4.78 is 19.3. The van der Waals surface area contributed by atoms with E-state index in [0.717, 1.165) is 22.6 Å². The summed E-state index contributed by atoms with van der Waals surface area (Å²) in [7, 11) is 3.82. The Bertz CT molecular complexity index is 1050. The average Bonchev–Trinajstić information content (AvgIpc) is 2.66. The van der Waals surface area contributed by atoms with E-state index in [2.05, 4.69) is 10.3 Å². The fourth-order valence-electron chi connectivity index (χ4n) is 3.29. The molecule has 3 rings (SSSR count). The molecule has 1 N–H and O–H groups in total. The Balaban J connectivity index is 2.04. The number of pyridine rings is 2. The van der Waals surface area contributed by atoms with Crippen molar-refractivity contribution in [3.8, 4) is 11.3 Å². The first kappa shape index (κ1) is 21.5. The number of carbonyl (C=O) groups is 1. The van der Waals surface area contributed by atoms with E-state index in [4.69, 9.17) is 9.72 Å². The number of benzene rings is 1. The highest BCUT2D eigenvalue weighted by Gasteiger charge is 2.20. The first-order valence-electron chi connectivity index (χ1n) is 9.83. The van der Waals surface area contributed by atoms with Gasteiger partial charge in [-0.25, -0.2) is 9.18 Å². The van der Waals surface area contributed by atoms with Gasteiger partial charge in [-0.1, -0.05) is 6.07 Å². The van der Waals surface area contributed by atoms with Crippen LogP contribution in [0.15, 0.2) is 42.6 Å². The van der Waals surface area contributed by atoms with E-state index in [1.165, 1.54) is 12.1 Å². The molecule has 0 fully saturated rings. The minimum absolute atomic E-state index is 0.321. The molecule has 30 heavy (non-hydrogen) atoms. The van der Waals surface area contributed by atoms with Gasteiger partial charge in [0.05, 0.1) is 22.6 Å². The van der Waals surface area contributed by atoms with Gasteiger partial charge in [-0.3, -0.25) is 9.97 Å². The molecule has 7 heteroatoms. The molecule has 0 saturated carbocycles. The standard InChI is InChI=1S/C23H27FN4O2/c1-23(2,3)30-22(29)26-13-11-19-20(18-8-6-7-12-25-18)21(28(4)5)16-14-15(24)9-10-17(16)27-19/h6-10,12,14H,11,13H2,1-5H3,(H,26,29). The van der Waals surface area contributed by atoms with Crippen LogP contribution in [0.4, 0.5) is 14.9 Å². The van der Waals surface area contributed by atoms with Crippen LogP contribution >= 0.6 is 0 Å².